The molecule has 0 saturated carbocycles. The van der Waals surface area contributed by atoms with Gasteiger partial charge in [-0.25, -0.2) is 9.97 Å². The molecule has 3 aromatic carbocycles. The minimum Gasteiger partial charge on any atom is -0.495 e. The third-order valence-corrected chi connectivity index (χ3v) is 7.72. The normalized spacial score (nSPS) is 13.9. The number of aromatic nitrogens is 2. The van der Waals surface area contributed by atoms with Crippen molar-refractivity contribution in [2.45, 2.75) is 20.0 Å². The molecule has 4 aromatic rings. The molecule has 5 rings (SSSR count). The van der Waals surface area contributed by atoms with E-state index in [2.05, 4.69) is 25.5 Å². The maximum Gasteiger partial charge on any atom is 0.416 e. The maximum absolute atomic E-state index is 13.8. The van der Waals surface area contributed by atoms with Crippen LogP contribution in [0.2, 0.25) is 0 Å². The lowest BCUT2D eigenvalue weighted by Crippen LogP contribution is -2.48. The first-order valence-electron chi connectivity index (χ1n) is 14.3. The van der Waals surface area contributed by atoms with Gasteiger partial charge in [0, 0.05) is 50.0 Å². The number of hydrogen-bond acceptors (Lipinski definition) is 8. The maximum atomic E-state index is 13.8. The Balaban J connectivity index is 1.41. The Morgan fingerprint density at radius 1 is 0.956 bits per heavy atom. The van der Waals surface area contributed by atoms with Gasteiger partial charge in [0.2, 0.25) is 5.88 Å². The molecule has 2 amide bonds. The van der Waals surface area contributed by atoms with Crippen LogP contribution < -0.4 is 20.1 Å². The largest absolute Gasteiger partial charge is 0.495 e. The molecule has 0 unspecified atom stereocenters. The van der Waals surface area contributed by atoms with Gasteiger partial charge in [-0.3, -0.25) is 9.59 Å². The highest BCUT2D eigenvalue weighted by Gasteiger charge is 2.33. The average molecular weight is 623 g/mol. The number of anilines is 2. The number of carbonyl (C=O) groups excluding carboxylic acids is 2. The zero-order valence-corrected chi connectivity index (χ0v) is 25.3. The van der Waals surface area contributed by atoms with Crippen molar-refractivity contribution in [2.24, 2.45) is 0 Å². The van der Waals surface area contributed by atoms with Gasteiger partial charge in [-0.1, -0.05) is 13.0 Å². The number of alkyl halides is 3. The Hall–Kier alpha value is -4.91. The van der Waals surface area contributed by atoms with Crippen molar-refractivity contribution < 1.29 is 32.2 Å². The molecule has 2 N–H and O–H groups in total. The Labute approximate surface area is 258 Å². The third kappa shape index (κ3) is 6.93. The van der Waals surface area contributed by atoms with E-state index in [9.17, 15) is 22.8 Å². The van der Waals surface area contributed by atoms with Crippen LogP contribution in [0.3, 0.4) is 0 Å². The number of halogens is 3. The van der Waals surface area contributed by atoms with Crippen LogP contribution in [0.15, 0.2) is 54.9 Å². The summed E-state index contributed by atoms with van der Waals surface area (Å²) in [5.74, 6) is -0.111. The number of benzene rings is 3. The predicted octanol–water partition coefficient (Wildman–Crippen LogP) is 5.83. The molecule has 0 bridgehead atoms. The highest BCUT2D eigenvalue weighted by molar-refractivity contribution is 6.05. The van der Waals surface area contributed by atoms with Crippen LogP contribution in [0.25, 0.3) is 10.9 Å². The van der Waals surface area contributed by atoms with Crippen molar-refractivity contribution in [3.63, 3.8) is 0 Å². The fourth-order valence-corrected chi connectivity index (χ4v) is 5.10. The summed E-state index contributed by atoms with van der Waals surface area (Å²) in [6.45, 7) is 6.71. The average Bonchev–Trinajstić information content (AvgIpc) is 3.04. The van der Waals surface area contributed by atoms with Gasteiger partial charge in [-0.15, -0.1) is 0 Å². The van der Waals surface area contributed by atoms with Crippen molar-refractivity contribution in [1.82, 2.24) is 19.8 Å². The Morgan fingerprint density at radius 3 is 2.38 bits per heavy atom. The highest BCUT2D eigenvalue weighted by Crippen LogP contribution is 2.36. The van der Waals surface area contributed by atoms with Crippen LogP contribution in [0.5, 0.6) is 17.4 Å². The van der Waals surface area contributed by atoms with Gasteiger partial charge in [0.25, 0.3) is 11.8 Å². The molecular formula is C32H33F3N6O4. The SMILES string of the molecule is CCN1CCN(C(=O)c2cc(NC(=O)c3ccc(C)c(Oc4ncnc5cc(NC)c(OC)cc45)c3)cc(C(F)(F)F)c2)CC1. The molecule has 2 heterocycles. The number of nitrogens with zero attached hydrogens (tertiary/aromatic N) is 4. The zero-order chi connectivity index (χ0) is 32.3. The number of hydrogen-bond donors (Lipinski definition) is 2. The molecule has 45 heavy (non-hydrogen) atoms. The van der Waals surface area contributed by atoms with Gasteiger partial charge in [-0.05, 0) is 61.5 Å². The molecule has 13 heteroatoms. The van der Waals surface area contributed by atoms with E-state index in [1.54, 1.807) is 32.2 Å². The van der Waals surface area contributed by atoms with Crippen LogP contribution in [-0.4, -0.2) is 78.5 Å². The molecule has 0 radical (unpaired) electrons. The second kappa shape index (κ2) is 13.0. The fraction of sp³-hybridized carbons (Fsp3) is 0.312. The van der Waals surface area contributed by atoms with E-state index in [1.807, 2.05) is 6.92 Å². The number of fused-ring (bicyclic) bond motifs is 1. The summed E-state index contributed by atoms with van der Waals surface area (Å²) in [4.78, 5) is 38.8. The molecule has 10 nitrogen and oxygen atoms in total. The summed E-state index contributed by atoms with van der Waals surface area (Å²) in [5.41, 5.74) is 0.809. The number of aryl methyl sites for hydroxylation is 1. The summed E-state index contributed by atoms with van der Waals surface area (Å²) in [5, 5.41) is 6.14. The van der Waals surface area contributed by atoms with Crippen LogP contribution in [-0.2, 0) is 6.18 Å². The van der Waals surface area contributed by atoms with E-state index in [0.29, 0.717) is 54.1 Å². The molecule has 0 spiro atoms. The van der Waals surface area contributed by atoms with E-state index < -0.39 is 23.6 Å². The topological polar surface area (TPSA) is 109 Å². The van der Waals surface area contributed by atoms with Crippen LogP contribution in [0, 0.1) is 6.92 Å². The molecule has 1 aromatic heterocycles. The van der Waals surface area contributed by atoms with E-state index in [-0.39, 0.29) is 22.7 Å². The molecule has 1 fully saturated rings. The van der Waals surface area contributed by atoms with Crippen molar-refractivity contribution in [3.05, 3.63) is 77.1 Å². The summed E-state index contributed by atoms with van der Waals surface area (Å²) >= 11 is 0. The summed E-state index contributed by atoms with van der Waals surface area (Å²) in [7, 11) is 3.30. The van der Waals surface area contributed by atoms with Gasteiger partial charge in [0.05, 0.1) is 29.3 Å². The lowest BCUT2D eigenvalue weighted by Gasteiger charge is -2.34. The number of rotatable bonds is 8. The van der Waals surface area contributed by atoms with Crippen LogP contribution in [0.4, 0.5) is 24.5 Å². The predicted molar refractivity (Wildman–Crippen MR) is 164 cm³/mol. The highest BCUT2D eigenvalue weighted by atomic mass is 19.4. The molecule has 236 valence electrons. The monoisotopic (exact) mass is 622 g/mol. The van der Waals surface area contributed by atoms with Crippen molar-refractivity contribution in [2.75, 3.05) is 57.5 Å². The van der Waals surface area contributed by atoms with Gasteiger partial charge >= 0.3 is 6.18 Å². The molecule has 0 aliphatic carbocycles. The van der Waals surface area contributed by atoms with E-state index >= 15 is 0 Å². The number of nitrogens with one attached hydrogen (secondary N) is 2. The van der Waals surface area contributed by atoms with Crippen molar-refractivity contribution in [3.8, 4) is 17.4 Å². The number of ether oxygens (including phenoxy) is 2. The molecule has 0 atom stereocenters. The first kappa shape index (κ1) is 31.5. The van der Waals surface area contributed by atoms with E-state index in [4.69, 9.17) is 9.47 Å². The standard InChI is InChI=1S/C32H33F3N6O4/c1-5-40-8-10-41(11-9-40)31(43)21-12-22(32(33,34)35)15-23(13-21)39-29(42)20-7-6-19(2)27(14-20)45-30-24-16-28(44-4)26(36-3)17-25(24)37-18-38-30/h6-7,12-18,36H,5,8-11H2,1-4H3,(H,39,42). The number of piperazine rings is 1. The lowest BCUT2D eigenvalue weighted by atomic mass is 10.1. The Kier molecular flexibility index (Phi) is 9.09. The Morgan fingerprint density at radius 2 is 1.71 bits per heavy atom. The van der Waals surface area contributed by atoms with Crippen molar-refractivity contribution >= 4 is 34.1 Å². The molecule has 1 aliphatic heterocycles. The Bertz CT molecular complexity index is 1740. The van der Waals surface area contributed by atoms with E-state index in [0.717, 1.165) is 24.4 Å². The zero-order valence-electron chi connectivity index (χ0n) is 25.3. The fourth-order valence-electron chi connectivity index (χ4n) is 5.10. The number of carbonyl (C=O) groups is 2. The van der Waals surface area contributed by atoms with E-state index in [1.165, 1.54) is 36.5 Å². The first-order chi connectivity index (χ1) is 21.5. The quantitative estimate of drug-likeness (QED) is 0.253. The lowest BCUT2D eigenvalue weighted by molar-refractivity contribution is -0.137. The van der Waals surface area contributed by atoms with Crippen molar-refractivity contribution in [1.29, 1.82) is 0 Å². The van der Waals surface area contributed by atoms with Gasteiger partial charge in [-0.2, -0.15) is 13.2 Å². The second-order valence-corrected chi connectivity index (χ2v) is 10.6. The smallest absolute Gasteiger partial charge is 0.416 e. The minimum absolute atomic E-state index is 0.130. The number of likely N-dealkylation sites (N-methyl/N-ethyl adjacent to an activating group) is 1. The summed E-state index contributed by atoms with van der Waals surface area (Å²) < 4.78 is 53.1. The molecular weight excluding hydrogens is 589 g/mol. The van der Waals surface area contributed by atoms with Gasteiger partial charge in [0.1, 0.15) is 17.8 Å². The number of methoxy groups -OCH3 is 1. The summed E-state index contributed by atoms with van der Waals surface area (Å²) in [6, 6.07) is 11.1. The minimum atomic E-state index is -4.72. The summed E-state index contributed by atoms with van der Waals surface area (Å²) in [6.07, 6.45) is -3.37. The van der Waals surface area contributed by atoms with Gasteiger partial charge < -0.3 is 29.9 Å². The van der Waals surface area contributed by atoms with Crippen LogP contribution in [0.1, 0.15) is 38.8 Å². The molecule has 1 aliphatic rings. The van der Waals surface area contributed by atoms with Gasteiger partial charge in [0.15, 0.2) is 0 Å². The molecule has 1 saturated heterocycles. The number of amides is 2. The first-order valence-corrected chi connectivity index (χ1v) is 14.3. The third-order valence-electron chi connectivity index (χ3n) is 7.72. The van der Waals surface area contributed by atoms with Crippen LogP contribution >= 0.6 is 0 Å². The second-order valence-electron chi connectivity index (χ2n) is 10.6.